The maximum Gasteiger partial charge on any atom is 0.240 e. The highest BCUT2D eigenvalue weighted by atomic mass is 16.2. The average molecular weight is 312 g/mol. The van der Waals surface area contributed by atoms with Gasteiger partial charge in [0, 0.05) is 12.8 Å². The fourth-order valence-corrected chi connectivity index (χ4v) is 2.60. The predicted molar refractivity (Wildman–Crippen MR) is 92.8 cm³/mol. The standard InChI is InChI=1S/C19H24N2O2/c1-13(2)10-11-18(22)21-17(19(20)23)12-15-8-5-7-14-6-3-4-9-16(14)15/h3-9,13,17H,10-12H2,1-2H3,(H2,20,23)(H,21,22)/t17-/m0/s1. The highest BCUT2D eigenvalue weighted by Gasteiger charge is 2.19. The van der Waals surface area contributed by atoms with E-state index in [1.54, 1.807) is 0 Å². The molecule has 23 heavy (non-hydrogen) atoms. The molecule has 0 aliphatic rings. The average Bonchev–Trinajstić information content (AvgIpc) is 2.52. The molecule has 0 unspecified atom stereocenters. The van der Waals surface area contributed by atoms with Crippen molar-refractivity contribution in [2.45, 2.75) is 39.2 Å². The zero-order valence-electron chi connectivity index (χ0n) is 13.7. The summed E-state index contributed by atoms with van der Waals surface area (Å²) < 4.78 is 0. The van der Waals surface area contributed by atoms with Gasteiger partial charge in [0.2, 0.25) is 11.8 Å². The number of hydrogen-bond donors (Lipinski definition) is 2. The van der Waals surface area contributed by atoms with Crippen LogP contribution in [-0.2, 0) is 16.0 Å². The van der Waals surface area contributed by atoms with Crippen molar-refractivity contribution in [1.82, 2.24) is 5.32 Å². The van der Waals surface area contributed by atoms with E-state index in [1.807, 2.05) is 42.5 Å². The first-order chi connectivity index (χ1) is 11.0. The number of benzene rings is 2. The van der Waals surface area contributed by atoms with Gasteiger partial charge in [-0.05, 0) is 28.7 Å². The Hall–Kier alpha value is -2.36. The summed E-state index contributed by atoms with van der Waals surface area (Å²) in [5.41, 5.74) is 6.49. The highest BCUT2D eigenvalue weighted by Crippen LogP contribution is 2.19. The molecule has 2 rings (SSSR count). The van der Waals surface area contributed by atoms with Gasteiger partial charge in [0.05, 0.1) is 0 Å². The van der Waals surface area contributed by atoms with Crippen LogP contribution in [0.5, 0.6) is 0 Å². The van der Waals surface area contributed by atoms with E-state index in [4.69, 9.17) is 5.73 Å². The normalized spacial score (nSPS) is 12.3. The van der Waals surface area contributed by atoms with Crippen molar-refractivity contribution in [2.75, 3.05) is 0 Å². The van der Waals surface area contributed by atoms with E-state index >= 15 is 0 Å². The molecule has 0 aliphatic carbocycles. The van der Waals surface area contributed by atoms with E-state index in [2.05, 4.69) is 19.2 Å². The molecule has 3 N–H and O–H groups in total. The van der Waals surface area contributed by atoms with Crippen LogP contribution in [0, 0.1) is 5.92 Å². The van der Waals surface area contributed by atoms with E-state index < -0.39 is 11.9 Å². The van der Waals surface area contributed by atoms with Crippen LogP contribution in [0.3, 0.4) is 0 Å². The molecule has 0 aromatic heterocycles. The highest BCUT2D eigenvalue weighted by molar-refractivity contribution is 5.89. The number of hydrogen-bond acceptors (Lipinski definition) is 2. The predicted octanol–water partition coefficient (Wildman–Crippen LogP) is 2.79. The molecule has 4 nitrogen and oxygen atoms in total. The molecule has 0 fully saturated rings. The lowest BCUT2D eigenvalue weighted by molar-refractivity contribution is -0.127. The third-order valence-electron chi connectivity index (χ3n) is 3.93. The second-order valence-electron chi connectivity index (χ2n) is 6.30. The van der Waals surface area contributed by atoms with E-state index in [9.17, 15) is 9.59 Å². The number of fused-ring (bicyclic) bond motifs is 1. The molecular weight excluding hydrogens is 288 g/mol. The van der Waals surface area contributed by atoms with Gasteiger partial charge in [-0.25, -0.2) is 0 Å². The second kappa shape index (κ2) is 7.77. The van der Waals surface area contributed by atoms with Gasteiger partial charge in [0.1, 0.15) is 6.04 Å². The van der Waals surface area contributed by atoms with Gasteiger partial charge in [-0.2, -0.15) is 0 Å². The summed E-state index contributed by atoms with van der Waals surface area (Å²) in [6.07, 6.45) is 1.62. The topological polar surface area (TPSA) is 72.2 Å². The van der Waals surface area contributed by atoms with Crippen LogP contribution in [0.15, 0.2) is 42.5 Å². The summed E-state index contributed by atoms with van der Waals surface area (Å²) >= 11 is 0. The minimum absolute atomic E-state index is 0.122. The Kier molecular flexibility index (Phi) is 5.74. The van der Waals surface area contributed by atoms with Crippen molar-refractivity contribution in [3.8, 4) is 0 Å². The van der Waals surface area contributed by atoms with Gasteiger partial charge < -0.3 is 11.1 Å². The molecular formula is C19H24N2O2. The van der Waals surface area contributed by atoms with Crippen molar-refractivity contribution >= 4 is 22.6 Å². The minimum atomic E-state index is -0.680. The van der Waals surface area contributed by atoms with Gasteiger partial charge in [0.15, 0.2) is 0 Å². The van der Waals surface area contributed by atoms with E-state index in [-0.39, 0.29) is 5.91 Å². The zero-order chi connectivity index (χ0) is 16.8. The maximum absolute atomic E-state index is 12.0. The number of rotatable bonds is 7. The molecule has 0 aliphatic heterocycles. The van der Waals surface area contributed by atoms with Crippen LogP contribution in [0.4, 0.5) is 0 Å². The summed E-state index contributed by atoms with van der Waals surface area (Å²) in [4.78, 5) is 23.7. The van der Waals surface area contributed by atoms with Crippen LogP contribution in [0.2, 0.25) is 0 Å². The van der Waals surface area contributed by atoms with Crippen LogP contribution >= 0.6 is 0 Å². The lowest BCUT2D eigenvalue weighted by atomic mass is 9.98. The van der Waals surface area contributed by atoms with E-state index in [1.165, 1.54) is 0 Å². The van der Waals surface area contributed by atoms with Crippen molar-refractivity contribution in [1.29, 1.82) is 0 Å². The second-order valence-corrected chi connectivity index (χ2v) is 6.30. The molecule has 0 saturated carbocycles. The van der Waals surface area contributed by atoms with Gasteiger partial charge in [-0.15, -0.1) is 0 Å². The van der Waals surface area contributed by atoms with Gasteiger partial charge in [0.25, 0.3) is 0 Å². The first-order valence-corrected chi connectivity index (χ1v) is 8.02. The molecule has 0 radical (unpaired) electrons. The first-order valence-electron chi connectivity index (χ1n) is 8.02. The Balaban J connectivity index is 2.12. The number of carbonyl (C=O) groups is 2. The maximum atomic E-state index is 12.0. The van der Waals surface area contributed by atoms with Crippen molar-refractivity contribution in [3.05, 3.63) is 48.0 Å². The quantitative estimate of drug-likeness (QED) is 0.825. The number of amides is 2. The van der Waals surface area contributed by atoms with Crippen LogP contribution in [0.1, 0.15) is 32.3 Å². The lowest BCUT2D eigenvalue weighted by Crippen LogP contribution is -2.45. The van der Waals surface area contributed by atoms with Crippen molar-refractivity contribution < 1.29 is 9.59 Å². The van der Waals surface area contributed by atoms with Gasteiger partial charge >= 0.3 is 0 Å². The fraction of sp³-hybridized carbons (Fsp3) is 0.368. The molecule has 0 spiro atoms. The monoisotopic (exact) mass is 312 g/mol. The van der Waals surface area contributed by atoms with Gasteiger partial charge in [-0.3, -0.25) is 9.59 Å². The number of primary amides is 1. The van der Waals surface area contributed by atoms with E-state index in [0.717, 1.165) is 22.8 Å². The smallest absolute Gasteiger partial charge is 0.240 e. The number of nitrogens with two attached hydrogens (primary N) is 1. The van der Waals surface area contributed by atoms with Crippen LogP contribution in [-0.4, -0.2) is 17.9 Å². The molecule has 1 atom stereocenters. The zero-order valence-corrected chi connectivity index (χ0v) is 13.7. The largest absolute Gasteiger partial charge is 0.368 e. The fourth-order valence-electron chi connectivity index (χ4n) is 2.60. The molecule has 122 valence electrons. The summed E-state index contributed by atoms with van der Waals surface area (Å²) in [6.45, 7) is 4.13. The first kappa shape index (κ1) is 17.0. The third-order valence-corrected chi connectivity index (χ3v) is 3.93. The van der Waals surface area contributed by atoms with E-state index in [0.29, 0.717) is 18.8 Å². The number of carbonyl (C=O) groups excluding carboxylic acids is 2. The Morgan fingerprint density at radius 2 is 1.78 bits per heavy atom. The molecule has 4 heteroatoms. The lowest BCUT2D eigenvalue weighted by Gasteiger charge is -2.17. The Bertz CT molecular complexity index is 689. The number of nitrogens with one attached hydrogen (secondary N) is 1. The molecule has 2 aromatic carbocycles. The summed E-state index contributed by atoms with van der Waals surface area (Å²) in [7, 11) is 0. The van der Waals surface area contributed by atoms with Crippen LogP contribution in [0.25, 0.3) is 10.8 Å². The third kappa shape index (κ3) is 4.81. The SMILES string of the molecule is CC(C)CCC(=O)N[C@@H](Cc1cccc2ccccc12)C(N)=O. The Labute approximate surface area is 137 Å². The Morgan fingerprint density at radius 1 is 1.09 bits per heavy atom. The van der Waals surface area contributed by atoms with Crippen LogP contribution < -0.4 is 11.1 Å². The molecule has 0 heterocycles. The van der Waals surface area contributed by atoms with Crippen molar-refractivity contribution in [3.63, 3.8) is 0 Å². The molecule has 2 amide bonds. The molecule has 2 aromatic rings. The summed E-state index contributed by atoms with van der Waals surface area (Å²) in [5.74, 6) is -0.176. The molecule has 0 bridgehead atoms. The summed E-state index contributed by atoms with van der Waals surface area (Å²) in [5, 5.41) is 4.96. The van der Waals surface area contributed by atoms with Crippen molar-refractivity contribution in [2.24, 2.45) is 11.7 Å². The van der Waals surface area contributed by atoms with Gasteiger partial charge in [-0.1, -0.05) is 56.3 Å². The molecule has 0 saturated heterocycles. The Morgan fingerprint density at radius 3 is 2.48 bits per heavy atom. The summed E-state index contributed by atoms with van der Waals surface area (Å²) in [6, 6.07) is 13.3. The minimum Gasteiger partial charge on any atom is -0.368 e.